The van der Waals surface area contributed by atoms with Crippen LogP contribution in [0.3, 0.4) is 0 Å². The highest BCUT2D eigenvalue weighted by Gasteiger charge is 2.39. The van der Waals surface area contributed by atoms with E-state index >= 15 is 0 Å². The van der Waals surface area contributed by atoms with E-state index in [4.69, 9.17) is 0 Å². The number of carbonyl (C=O) groups excluding carboxylic acids is 2. The van der Waals surface area contributed by atoms with Gasteiger partial charge in [-0.1, -0.05) is 12.1 Å². The molecule has 2 heterocycles. The van der Waals surface area contributed by atoms with E-state index in [1.807, 2.05) is 12.3 Å². The summed E-state index contributed by atoms with van der Waals surface area (Å²) < 4.78 is 27.1. The molecule has 1 N–H and O–H groups in total. The molecule has 0 aliphatic carbocycles. The van der Waals surface area contributed by atoms with Crippen molar-refractivity contribution in [3.05, 3.63) is 45.9 Å². The van der Waals surface area contributed by atoms with E-state index in [2.05, 4.69) is 10.3 Å². The van der Waals surface area contributed by atoms with Gasteiger partial charge in [0.15, 0.2) is 5.78 Å². The van der Waals surface area contributed by atoms with Crippen molar-refractivity contribution in [3.8, 4) is 0 Å². The third-order valence-electron chi connectivity index (χ3n) is 4.12. The van der Waals surface area contributed by atoms with Crippen molar-refractivity contribution in [1.29, 1.82) is 0 Å². The first kappa shape index (κ1) is 20.0. The van der Waals surface area contributed by atoms with Crippen LogP contribution in [0.15, 0.2) is 34.5 Å². The number of nitrogens with one attached hydrogen (secondary N) is 1. The lowest BCUT2D eigenvalue weighted by molar-refractivity contribution is -0.124. The molecule has 1 saturated heterocycles. The van der Waals surface area contributed by atoms with Crippen LogP contribution in [0.4, 0.5) is 0 Å². The Balaban J connectivity index is 1.73. The zero-order valence-electron chi connectivity index (χ0n) is 14.8. The van der Waals surface area contributed by atoms with Crippen LogP contribution in [0.2, 0.25) is 0 Å². The van der Waals surface area contributed by atoms with E-state index in [0.717, 1.165) is 10.7 Å². The lowest BCUT2D eigenvalue weighted by Crippen LogP contribution is -2.46. The van der Waals surface area contributed by atoms with Gasteiger partial charge >= 0.3 is 0 Å². The second kappa shape index (κ2) is 8.09. The molecule has 1 amide bonds. The molecule has 7 nitrogen and oxygen atoms in total. The summed E-state index contributed by atoms with van der Waals surface area (Å²) in [6.07, 6.45) is 0. The van der Waals surface area contributed by atoms with Crippen LogP contribution in [0, 0.1) is 6.92 Å². The number of carbonyl (C=O) groups is 2. The molecule has 27 heavy (non-hydrogen) atoms. The molecule has 0 spiro atoms. The molecule has 1 aromatic heterocycles. The summed E-state index contributed by atoms with van der Waals surface area (Å²) >= 11 is 2.89. The number of thiazole rings is 1. The Morgan fingerprint density at radius 2 is 2.00 bits per heavy atom. The van der Waals surface area contributed by atoms with E-state index in [1.54, 1.807) is 0 Å². The maximum atomic E-state index is 12.9. The number of rotatable bonds is 6. The Labute approximate surface area is 166 Å². The first-order valence-electron chi connectivity index (χ1n) is 8.18. The first-order valence-corrected chi connectivity index (χ1v) is 11.7. The van der Waals surface area contributed by atoms with Crippen molar-refractivity contribution in [3.63, 3.8) is 0 Å². The summed E-state index contributed by atoms with van der Waals surface area (Å²) in [6, 6.07) is 5.01. The fraction of sp³-hybridized carbons (Fsp3) is 0.353. The Bertz CT molecular complexity index is 954. The molecule has 3 rings (SSSR count). The number of aromatic nitrogens is 1. The predicted molar refractivity (Wildman–Crippen MR) is 105 cm³/mol. The molecule has 0 radical (unpaired) electrons. The lowest BCUT2D eigenvalue weighted by Gasteiger charge is -2.22. The van der Waals surface area contributed by atoms with Gasteiger partial charge in [0.05, 0.1) is 28.0 Å². The zero-order valence-corrected chi connectivity index (χ0v) is 17.3. The number of amides is 1. The summed E-state index contributed by atoms with van der Waals surface area (Å²) in [5, 5.41) is 5.55. The number of sulfonamides is 1. The largest absolute Gasteiger partial charge is 0.349 e. The van der Waals surface area contributed by atoms with Crippen LogP contribution < -0.4 is 5.32 Å². The van der Waals surface area contributed by atoms with Gasteiger partial charge in [-0.2, -0.15) is 4.31 Å². The van der Waals surface area contributed by atoms with Gasteiger partial charge in [-0.25, -0.2) is 13.4 Å². The Kier molecular flexibility index (Phi) is 5.99. The summed E-state index contributed by atoms with van der Waals surface area (Å²) in [5.41, 5.74) is 1.20. The van der Waals surface area contributed by atoms with Crippen molar-refractivity contribution < 1.29 is 18.0 Å². The highest BCUT2D eigenvalue weighted by Crippen LogP contribution is 2.28. The van der Waals surface area contributed by atoms with Crippen LogP contribution in [0.5, 0.6) is 0 Å². The number of thioether (sulfide) groups is 1. The smallest absolute Gasteiger partial charge is 0.244 e. The van der Waals surface area contributed by atoms with Crippen LogP contribution in [0.1, 0.15) is 28.0 Å². The molecule has 10 heteroatoms. The molecule has 1 fully saturated rings. The predicted octanol–water partition coefficient (Wildman–Crippen LogP) is 2.03. The summed E-state index contributed by atoms with van der Waals surface area (Å²) in [6.45, 7) is 3.58. The van der Waals surface area contributed by atoms with Crippen LogP contribution >= 0.6 is 23.1 Å². The number of ketones is 1. The van der Waals surface area contributed by atoms with E-state index in [9.17, 15) is 18.0 Å². The third-order valence-corrected chi connectivity index (χ3v) is 7.99. The number of Topliss-reactive ketones (excluding diaryl/α,β-unsaturated/α-hetero) is 1. The van der Waals surface area contributed by atoms with Gasteiger partial charge in [-0.15, -0.1) is 23.1 Å². The van der Waals surface area contributed by atoms with Gasteiger partial charge < -0.3 is 5.32 Å². The molecule has 1 aliphatic rings. The molecule has 144 valence electrons. The molecule has 1 atom stereocenters. The number of hydrogen-bond acceptors (Lipinski definition) is 7. The maximum absolute atomic E-state index is 12.9. The van der Waals surface area contributed by atoms with Gasteiger partial charge in [0, 0.05) is 16.7 Å². The van der Waals surface area contributed by atoms with Crippen molar-refractivity contribution in [1.82, 2.24) is 14.6 Å². The minimum atomic E-state index is -3.83. The van der Waals surface area contributed by atoms with Crippen LogP contribution in [0.25, 0.3) is 0 Å². The van der Waals surface area contributed by atoms with Crippen LogP contribution in [-0.4, -0.2) is 47.1 Å². The van der Waals surface area contributed by atoms with E-state index in [0.29, 0.717) is 11.3 Å². The molecular formula is C17H19N3O4S3. The maximum Gasteiger partial charge on any atom is 0.244 e. The molecule has 2 aromatic rings. The summed E-state index contributed by atoms with van der Waals surface area (Å²) in [7, 11) is -3.83. The van der Waals surface area contributed by atoms with Crippen molar-refractivity contribution >= 4 is 44.8 Å². The van der Waals surface area contributed by atoms with Crippen molar-refractivity contribution in [2.75, 3.05) is 11.6 Å². The minimum absolute atomic E-state index is 0.0722. The average molecular weight is 426 g/mol. The second-order valence-corrected chi connectivity index (χ2v) is 10.0. The lowest BCUT2D eigenvalue weighted by atomic mass is 10.2. The average Bonchev–Trinajstić information content (AvgIpc) is 3.29. The van der Waals surface area contributed by atoms with Crippen molar-refractivity contribution in [2.45, 2.75) is 31.3 Å². The fourth-order valence-corrected chi connectivity index (χ4v) is 6.41. The topological polar surface area (TPSA) is 96.4 Å². The van der Waals surface area contributed by atoms with E-state index < -0.39 is 16.1 Å². The van der Waals surface area contributed by atoms with Crippen LogP contribution in [-0.2, 0) is 21.4 Å². The Morgan fingerprint density at radius 3 is 2.59 bits per heavy atom. The SMILES string of the molecule is CC(=O)c1ccc(S(=O)(=O)N2CSCC2C(=O)NCc2csc(C)n2)cc1. The summed E-state index contributed by atoms with van der Waals surface area (Å²) in [5.74, 6) is 0.136. The standard InChI is InChI=1S/C17H19N3O4S3/c1-11(21)13-3-5-15(6-4-13)27(23,24)20-10-25-9-16(20)17(22)18-7-14-8-26-12(2)19-14/h3-6,8,16H,7,9-10H2,1-2H3,(H,18,22). The molecule has 1 aromatic carbocycles. The number of benzene rings is 1. The quantitative estimate of drug-likeness (QED) is 0.712. The molecule has 0 bridgehead atoms. The third kappa shape index (κ3) is 4.40. The first-order chi connectivity index (χ1) is 12.8. The van der Waals surface area contributed by atoms with E-state index in [1.165, 1.54) is 58.6 Å². The molecule has 1 unspecified atom stereocenters. The van der Waals surface area contributed by atoms with Crippen molar-refractivity contribution in [2.24, 2.45) is 0 Å². The van der Waals surface area contributed by atoms with E-state index in [-0.39, 0.29) is 29.0 Å². The highest BCUT2D eigenvalue weighted by molar-refractivity contribution is 8.00. The number of hydrogen-bond donors (Lipinski definition) is 1. The van der Waals surface area contributed by atoms with Gasteiger partial charge in [0.2, 0.25) is 15.9 Å². The Hall–Kier alpha value is -1.75. The number of nitrogens with zero attached hydrogens (tertiary/aromatic N) is 2. The minimum Gasteiger partial charge on any atom is -0.349 e. The van der Waals surface area contributed by atoms with Gasteiger partial charge in [-0.3, -0.25) is 9.59 Å². The molecular weight excluding hydrogens is 406 g/mol. The normalized spacial score (nSPS) is 17.8. The van der Waals surface area contributed by atoms with Gasteiger partial charge in [0.25, 0.3) is 0 Å². The zero-order chi connectivity index (χ0) is 19.6. The highest BCUT2D eigenvalue weighted by atomic mass is 32.2. The fourth-order valence-electron chi connectivity index (χ4n) is 2.65. The number of aryl methyl sites for hydroxylation is 1. The Morgan fingerprint density at radius 1 is 1.30 bits per heavy atom. The molecule has 0 saturated carbocycles. The monoisotopic (exact) mass is 425 g/mol. The van der Waals surface area contributed by atoms with Gasteiger partial charge in [-0.05, 0) is 26.0 Å². The molecule has 1 aliphatic heterocycles. The second-order valence-electron chi connectivity index (χ2n) is 6.06. The van der Waals surface area contributed by atoms with Gasteiger partial charge in [0.1, 0.15) is 6.04 Å². The summed E-state index contributed by atoms with van der Waals surface area (Å²) in [4.78, 5) is 28.3.